The van der Waals surface area contributed by atoms with Crippen molar-refractivity contribution in [2.45, 2.75) is 167 Å². The van der Waals surface area contributed by atoms with Crippen molar-refractivity contribution >= 4 is 42.8 Å². The zero-order valence-electron chi connectivity index (χ0n) is 41.5. The average molecular weight is 962 g/mol. The number of nitriles is 1. The summed E-state index contributed by atoms with van der Waals surface area (Å²) in [7, 11) is -2.15. The molecule has 0 saturated carbocycles. The first kappa shape index (κ1) is 55.6. The number of ether oxygens (including phenoxy) is 3. The number of hydrogen-bond donors (Lipinski definition) is 4. The van der Waals surface area contributed by atoms with Gasteiger partial charge in [-0.1, -0.05) is 81.3 Å². The van der Waals surface area contributed by atoms with Crippen LogP contribution in [0, 0.1) is 29.1 Å². The first-order chi connectivity index (χ1) is 31.9. The molecule has 0 radical (unpaired) electrons. The molecule has 1 aliphatic carbocycles. The fraction of sp³-hybridized carbons (Fsp3) is 0.640. The van der Waals surface area contributed by atoms with Crippen LogP contribution >= 0.6 is 8.53 Å². The predicted molar refractivity (Wildman–Crippen MR) is 268 cm³/mol. The molecule has 2 aliphatic rings. The largest absolute Gasteiger partial charge is 0.447 e. The lowest BCUT2D eigenvalue weighted by molar-refractivity contribution is -0.121. The van der Waals surface area contributed by atoms with Gasteiger partial charge in [-0.2, -0.15) is 5.26 Å². The molecule has 1 aliphatic heterocycles. The Hall–Kier alpha value is -3.99. The highest BCUT2D eigenvalue weighted by Gasteiger charge is 2.50. The Balaban J connectivity index is 1.10. The van der Waals surface area contributed by atoms with Crippen molar-refractivity contribution in [2.75, 3.05) is 32.8 Å². The highest BCUT2D eigenvalue weighted by Crippen LogP contribution is 2.53. The maximum absolute atomic E-state index is 12.9. The Morgan fingerprint density at radius 2 is 1.51 bits per heavy atom. The highest BCUT2D eigenvalue weighted by molar-refractivity contribution is 7.44. The van der Waals surface area contributed by atoms with Crippen LogP contribution in [0.1, 0.15) is 134 Å². The number of fused-ring (bicyclic) bond motifs is 2. The molecule has 2 aromatic rings. The van der Waals surface area contributed by atoms with Gasteiger partial charge in [0, 0.05) is 73.2 Å². The maximum Gasteiger partial charge on any atom is 0.407 e. The van der Waals surface area contributed by atoms with Gasteiger partial charge in [-0.3, -0.25) is 4.79 Å². The standard InChI is InChI=1S/C50H77BN5O9PSi/c1-36(2)56(37(3)4)66(62-32-20-28-52)65-46-42(34-50(5,6)67(7,8)60)47(51)63-44(46)35-61-48(58)54-30-18-10-9-17-29-53-45(57)25-12-11-19-31-55-49(59)64-43-33-40-23-14-13-21-38(40)26-27-39-22-15-16-24-41(39)43/h13-16,21-24,36-37,42-44,46-47,60H,9-12,17-20,25,29-35,51H2,1-8H3,(H,53,57)(H,54,58)(H,55,59)/t42?,43?,44-,46-,47-,66?/m1/s1. The summed E-state index contributed by atoms with van der Waals surface area (Å²) >= 11 is 0. The molecule has 4 rings (SSSR count). The van der Waals surface area contributed by atoms with E-state index < -0.39 is 47.3 Å². The Kier molecular flexibility index (Phi) is 23.1. The van der Waals surface area contributed by atoms with Gasteiger partial charge in [0.25, 0.3) is 8.53 Å². The van der Waals surface area contributed by atoms with Gasteiger partial charge in [0.1, 0.15) is 26.7 Å². The van der Waals surface area contributed by atoms with E-state index in [1.54, 1.807) is 0 Å². The van der Waals surface area contributed by atoms with Crippen LogP contribution < -0.4 is 16.0 Å². The zero-order chi connectivity index (χ0) is 49.0. The van der Waals surface area contributed by atoms with Crippen molar-refractivity contribution in [3.05, 3.63) is 70.8 Å². The Morgan fingerprint density at radius 1 is 0.910 bits per heavy atom. The molecule has 67 heavy (non-hydrogen) atoms. The molecular weight excluding hydrogens is 884 g/mol. The minimum absolute atomic E-state index is 0.00331. The molecule has 17 heteroatoms. The number of rotatable bonds is 27. The molecule has 6 atom stereocenters. The zero-order valence-corrected chi connectivity index (χ0v) is 43.4. The number of benzene rings is 2. The van der Waals surface area contributed by atoms with Crippen LogP contribution in [-0.2, 0) is 34.5 Å². The van der Waals surface area contributed by atoms with Crippen LogP contribution in [0.5, 0.6) is 0 Å². The Morgan fingerprint density at radius 3 is 2.16 bits per heavy atom. The van der Waals surface area contributed by atoms with Crippen molar-refractivity contribution in [3.63, 3.8) is 0 Å². The van der Waals surface area contributed by atoms with Crippen molar-refractivity contribution in [3.8, 4) is 17.9 Å². The number of amides is 3. The SMILES string of the molecule is B[C@@H]1O[C@H](COC(=O)NCCCCCCNC(=O)CCCCCNC(=O)OC2Cc3ccccc3C#Cc3ccccc32)[C@H](OP(OCCC#N)N(C(C)C)C(C)C)C1CC(C)(C)[Si](C)(C)O. The van der Waals surface area contributed by atoms with E-state index in [-0.39, 0.29) is 54.6 Å². The Labute approximate surface area is 403 Å². The van der Waals surface area contributed by atoms with Crippen molar-refractivity contribution in [2.24, 2.45) is 5.92 Å². The molecule has 368 valence electrons. The number of carbonyl (C=O) groups is 3. The minimum atomic E-state index is -2.57. The third kappa shape index (κ3) is 18.1. The average Bonchev–Trinajstić information content (AvgIpc) is 3.54. The van der Waals surface area contributed by atoms with Crippen LogP contribution in [0.3, 0.4) is 0 Å². The summed E-state index contributed by atoms with van der Waals surface area (Å²) < 4.78 is 33.4. The molecule has 14 nitrogen and oxygen atoms in total. The third-order valence-electron chi connectivity index (χ3n) is 12.8. The summed E-state index contributed by atoms with van der Waals surface area (Å²) in [5.41, 5.74) is 3.74. The summed E-state index contributed by atoms with van der Waals surface area (Å²) in [6, 6.07) is 17.9. The molecule has 1 saturated heterocycles. The van der Waals surface area contributed by atoms with Gasteiger partial charge in [0.15, 0.2) is 8.32 Å². The smallest absolute Gasteiger partial charge is 0.407 e. The normalized spacial score (nSPS) is 19.5. The van der Waals surface area contributed by atoms with E-state index in [9.17, 15) is 24.4 Å². The third-order valence-corrected chi connectivity index (χ3v) is 18.4. The molecule has 3 amide bonds. The van der Waals surface area contributed by atoms with Crippen LogP contribution in [0.15, 0.2) is 48.5 Å². The van der Waals surface area contributed by atoms with Gasteiger partial charge in [0.05, 0.1) is 25.2 Å². The molecule has 1 heterocycles. The number of nitrogens with one attached hydrogen (secondary N) is 3. The topological polar surface area (TPSA) is 181 Å². The summed E-state index contributed by atoms with van der Waals surface area (Å²) in [6.07, 6.45) is 5.10. The summed E-state index contributed by atoms with van der Waals surface area (Å²) in [6.45, 7) is 18.2. The van der Waals surface area contributed by atoms with Crippen LogP contribution in [-0.4, -0.2) is 107 Å². The number of alkyl carbamates (subject to hydrolysis) is 2. The maximum atomic E-state index is 12.9. The van der Waals surface area contributed by atoms with E-state index >= 15 is 0 Å². The van der Waals surface area contributed by atoms with E-state index in [1.807, 2.05) is 69.5 Å². The monoisotopic (exact) mass is 962 g/mol. The molecule has 0 aromatic heterocycles. The fourth-order valence-electron chi connectivity index (χ4n) is 8.33. The van der Waals surface area contributed by atoms with Crippen molar-refractivity contribution in [1.82, 2.24) is 20.6 Å². The second-order valence-electron chi connectivity index (χ2n) is 19.4. The summed E-state index contributed by atoms with van der Waals surface area (Å²) in [5, 5.41) is 17.6. The molecule has 1 fully saturated rings. The number of nitrogens with zero attached hydrogens (tertiary/aromatic N) is 2. The predicted octanol–water partition coefficient (Wildman–Crippen LogP) is 8.38. The van der Waals surface area contributed by atoms with Gasteiger partial charge >= 0.3 is 12.2 Å². The quantitative estimate of drug-likeness (QED) is 0.0292. The van der Waals surface area contributed by atoms with Gasteiger partial charge in [-0.15, -0.1) is 0 Å². The van der Waals surface area contributed by atoms with Gasteiger partial charge in [-0.05, 0) is 95.6 Å². The van der Waals surface area contributed by atoms with Gasteiger partial charge < -0.3 is 44.0 Å². The second kappa shape index (κ2) is 27.9. The molecule has 4 N–H and O–H groups in total. The first-order valence-corrected chi connectivity index (χ1v) is 28.4. The first-order valence-electron chi connectivity index (χ1n) is 24.3. The van der Waals surface area contributed by atoms with E-state index in [1.165, 1.54) is 0 Å². The minimum Gasteiger partial charge on any atom is -0.447 e. The molecule has 0 spiro atoms. The second-order valence-corrected chi connectivity index (χ2v) is 25.3. The van der Waals surface area contributed by atoms with E-state index in [0.29, 0.717) is 38.9 Å². The van der Waals surface area contributed by atoms with E-state index in [0.717, 1.165) is 67.2 Å². The van der Waals surface area contributed by atoms with Gasteiger partial charge in [0.2, 0.25) is 5.91 Å². The van der Waals surface area contributed by atoms with Crippen molar-refractivity contribution in [1.29, 1.82) is 5.26 Å². The number of unbranched alkanes of at least 4 members (excludes halogenated alkanes) is 5. The summed E-state index contributed by atoms with van der Waals surface area (Å²) in [4.78, 5) is 49.3. The van der Waals surface area contributed by atoms with Crippen LogP contribution in [0.2, 0.25) is 18.1 Å². The lowest BCUT2D eigenvalue weighted by atomic mass is 9.79. The van der Waals surface area contributed by atoms with Crippen LogP contribution in [0.4, 0.5) is 9.59 Å². The molecule has 2 aromatic carbocycles. The van der Waals surface area contributed by atoms with E-state index in [2.05, 4.69) is 80.1 Å². The van der Waals surface area contributed by atoms with Crippen molar-refractivity contribution < 1.29 is 42.4 Å². The lowest BCUT2D eigenvalue weighted by Crippen LogP contribution is -2.44. The molecule has 3 unspecified atom stereocenters. The highest BCUT2D eigenvalue weighted by atomic mass is 31.2. The fourth-order valence-corrected chi connectivity index (χ4v) is 10.9. The van der Waals surface area contributed by atoms with Gasteiger partial charge in [-0.25, -0.2) is 14.3 Å². The summed E-state index contributed by atoms with van der Waals surface area (Å²) in [5.74, 6) is 6.41. The molecule has 0 bridgehead atoms. The number of hydrogen-bond acceptors (Lipinski definition) is 11. The Bertz CT molecular complexity index is 1980. The van der Waals surface area contributed by atoms with E-state index in [4.69, 9.17) is 23.3 Å². The molecular formula is C50H77BN5O9PSi. The lowest BCUT2D eigenvalue weighted by Gasteiger charge is -2.41. The van der Waals surface area contributed by atoms with Crippen LogP contribution in [0.25, 0.3) is 0 Å². The number of carbonyl (C=O) groups excluding carboxylic acids is 3.